The van der Waals surface area contributed by atoms with Gasteiger partial charge in [-0.1, -0.05) is 28.1 Å². The van der Waals surface area contributed by atoms with E-state index in [-0.39, 0.29) is 5.69 Å². The van der Waals surface area contributed by atoms with Crippen LogP contribution in [0.2, 0.25) is 0 Å². The van der Waals surface area contributed by atoms with Gasteiger partial charge in [0.1, 0.15) is 23.6 Å². The molecule has 1 aromatic heterocycles. The average molecular weight is 418 g/mol. The first kappa shape index (κ1) is 17.9. The van der Waals surface area contributed by atoms with Gasteiger partial charge < -0.3 is 21.1 Å². The SMILES string of the molecule is COc1ccc(CNc2ncnc(Nc3ccc(Br)cc3F)c2N)cc1. The predicted molar refractivity (Wildman–Crippen MR) is 104 cm³/mol. The van der Waals surface area contributed by atoms with Gasteiger partial charge in [-0.3, -0.25) is 0 Å². The van der Waals surface area contributed by atoms with Crippen molar-refractivity contribution in [3.63, 3.8) is 0 Å². The van der Waals surface area contributed by atoms with E-state index < -0.39 is 5.82 Å². The van der Waals surface area contributed by atoms with Crippen LogP contribution in [0.1, 0.15) is 5.56 Å². The van der Waals surface area contributed by atoms with E-state index in [1.165, 1.54) is 12.4 Å². The van der Waals surface area contributed by atoms with Crippen LogP contribution in [0.15, 0.2) is 53.3 Å². The summed E-state index contributed by atoms with van der Waals surface area (Å²) in [5, 5.41) is 6.05. The van der Waals surface area contributed by atoms with Crippen molar-refractivity contribution in [2.24, 2.45) is 0 Å². The van der Waals surface area contributed by atoms with Crippen LogP contribution in [0.5, 0.6) is 5.75 Å². The van der Waals surface area contributed by atoms with Gasteiger partial charge in [-0.25, -0.2) is 14.4 Å². The number of hydrogen-bond acceptors (Lipinski definition) is 6. The van der Waals surface area contributed by atoms with Crippen molar-refractivity contribution in [2.75, 3.05) is 23.5 Å². The third kappa shape index (κ3) is 4.20. The van der Waals surface area contributed by atoms with Gasteiger partial charge in [-0.15, -0.1) is 0 Å². The first-order chi connectivity index (χ1) is 12.6. The van der Waals surface area contributed by atoms with Crippen LogP contribution in [0, 0.1) is 5.82 Å². The summed E-state index contributed by atoms with van der Waals surface area (Å²) in [6.45, 7) is 0.525. The fraction of sp³-hybridized carbons (Fsp3) is 0.111. The molecule has 3 rings (SSSR count). The summed E-state index contributed by atoms with van der Waals surface area (Å²) >= 11 is 3.22. The van der Waals surface area contributed by atoms with E-state index in [4.69, 9.17) is 10.5 Å². The standard InChI is InChI=1S/C18H17BrFN5O/c1-26-13-5-2-11(3-6-13)9-22-17-16(21)18(24-10-23-17)25-15-7-4-12(19)8-14(15)20/h2-8,10H,9,21H2,1H3,(H2,22,23,24,25). The molecule has 26 heavy (non-hydrogen) atoms. The van der Waals surface area contributed by atoms with Gasteiger partial charge in [0.25, 0.3) is 0 Å². The maximum atomic E-state index is 14.0. The Morgan fingerprint density at radius 2 is 1.85 bits per heavy atom. The van der Waals surface area contributed by atoms with Crippen LogP contribution in [0.25, 0.3) is 0 Å². The largest absolute Gasteiger partial charge is 0.497 e. The normalized spacial score (nSPS) is 10.4. The topological polar surface area (TPSA) is 85.1 Å². The highest BCUT2D eigenvalue weighted by molar-refractivity contribution is 9.10. The number of nitrogens with one attached hydrogen (secondary N) is 2. The quantitative estimate of drug-likeness (QED) is 0.553. The van der Waals surface area contributed by atoms with Gasteiger partial charge in [-0.05, 0) is 35.9 Å². The fourth-order valence-corrected chi connectivity index (χ4v) is 2.62. The lowest BCUT2D eigenvalue weighted by molar-refractivity contribution is 0.414. The molecule has 2 aromatic carbocycles. The number of benzene rings is 2. The van der Waals surface area contributed by atoms with Crippen LogP contribution in [0.4, 0.5) is 27.4 Å². The summed E-state index contributed by atoms with van der Waals surface area (Å²) in [5.74, 6) is 1.18. The van der Waals surface area contributed by atoms with Crippen molar-refractivity contribution in [3.8, 4) is 5.75 Å². The number of nitrogens with zero attached hydrogens (tertiary/aromatic N) is 2. The van der Waals surface area contributed by atoms with E-state index in [0.717, 1.165) is 11.3 Å². The van der Waals surface area contributed by atoms with E-state index in [1.807, 2.05) is 24.3 Å². The number of ether oxygens (including phenoxy) is 1. The van der Waals surface area contributed by atoms with Crippen LogP contribution >= 0.6 is 15.9 Å². The Balaban J connectivity index is 1.73. The van der Waals surface area contributed by atoms with Gasteiger partial charge in [0.2, 0.25) is 0 Å². The molecular formula is C18H17BrFN5O. The second-order valence-corrected chi connectivity index (χ2v) is 6.35. The molecule has 8 heteroatoms. The molecule has 0 aliphatic rings. The number of rotatable bonds is 6. The third-order valence-corrected chi connectivity index (χ3v) is 4.18. The maximum absolute atomic E-state index is 14.0. The second-order valence-electron chi connectivity index (χ2n) is 5.44. The van der Waals surface area contributed by atoms with Crippen molar-refractivity contribution in [3.05, 3.63) is 64.6 Å². The summed E-state index contributed by atoms with van der Waals surface area (Å²) in [4.78, 5) is 8.25. The molecule has 0 amide bonds. The molecule has 0 radical (unpaired) electrons. The molecule has 0 spiro atoms. The van der Waals surface area contributed by atoms with Crippen LogP contribution in [0.3, 0.4) is 0 Å². The predicted octanol–water partition coefficient (Wildman–Crippen LogP) is 4.32. The molecule has 1 heterocycles. The molecule has 4 N–H and O–H groups in total. The lowest BCUT2D eigenvalue weighted by atomic mass is 10.2. The molecule has 0 aliphatic heterocycles. The van der Waals surface area contributed by atoms with Crippen LogP contribution in [-0.2, 0) is 6.54 Å². The first-order valence-electron chi connectivity index (χ1n) is 7.76. The Kier molecular flexibility index (Phi) is 5.52. The molecule has 3 aromatic rings. The molecular weight excluding hydrogens is 401 g/mol. The van der Waals surface area contributed by atoms with Crippen LogP contribution < -0.4 is 21.1 Å². The lowest BCUT2D eigenvalue weighted by Crippen LogP contribution is -2.08. The van der Waals surface area contributed by atoms with E-state index in [9.17, 15) is 4.39 Å². The van der Waals surface area contributed by atoms with Gasteiger partial charge in [0.15, 0.2) is 11.6 Å². The summed E-state index contributed by atoms with van der Waals surface area (Å²) in [7, 11) is 1.62. The number of nitrogens with two attached hydrogens (primary N) is 1. The number of methoxy groups -OCH3 is 1. The number of halogens is 2. The minimum absolute atomic E-state index is 0.278. The summed E-state index contributed by atoms with van der Waals surface area (Å²) in [5.41, 5.74) is 7.74. The Bertz CT molecular complexity index is 905. The van der Waals surface area contributed by atoms with E-state index in [1.54, 1.807) is 19.2 Å². The highest BCUT2D eigenvalue weighted by atomic mass is 79.9. The summed E-state index contributed by atoms with van der Waals surface area (Å²) in [6.07, 6.45) is 1.37. The van der Waals surface area contributed by atoms with Crippen molar-refractivity contribution < 1.29 is 9.13 Å². The highest BCUT2D eigenvalue weighted by Gasteiger charge is 2.11. The molecule has 0 saturated carbocycles. The number of anilines is 4. The maximum Gasteiger partial charge on any atom is 0.159 e. The Morgan fingerprint density at radius 3 is 2.54 bits per heavy atom. The van der Waals surface area contributed by atoms with E-state index in [0.29, 0.717) is 28.3 Å². The van der Waals surface area contributed by atoms with Gasteiger partial charge in [-0.2, -0.15) is 0 Å². The third-order valence-electron chi connectivity index (χ3n) is 3.69. The van der Waals surface area contributed by atoms with E-state index >= 15 is 0 Å². The first-order valence-corrected chi connectivity index (χ1v) is 8.55. The molecule has 6 nitrogen and oxygen atoms in total. The Hall–Kier alpha value is -2.87. The van der Waals surface area contributed by atoms with Crippen LogP contribution in [-0.4, -0.2) is 17.1 Å². The summed E-state index contributed by atoms with van der Waals surface area (Å²) < 4.78 is 19.8. The molecule has 0 bridgehead atoms. The molecule has 0 fully saturated rings. The molecule has 134 valence electrons. The minimum atomic E-state index is -0.412. The molecule has 0 unspecified atom stereocenters. The molecule has 0 saturated heterocycles. The minimum Gasteiger partial charge on any atom is -0.497 e. The molecule has 0 atom stereocenters. The highest BCUT2D eigenvalue weighted by Crippen LogP contribution is 2.28. The smallest absolute Gasteiger partial charge is 0.159 e. The van der Waals surface area contributed by atoms with Gasteiger partial charge in [0.05, 0.1) is 12.8 Å². The van der Waals surface area contributed by atoms with Gasteiger partial charge in [0, 0.05) is 11.0 Å². The lowest BCUT2D eigenvalue weighted by Gasteiger charge is -2.13. The van der Waals surface area contributed by atoms with Crippen molar-refractivity contribution >= 4 is 38.9 Å². The Morgan fingerprint density at radius 1 is 1.12 bits per heavy atom. The number of hydrogen-bond donors (Lipinski definition) is 3. The average Bonchev–Trinajstić information content (AvgIpc) is 2.65. The number of nitrogen functional groups attached to an aromatic ring is 1. The van der Waals surface area contributed by atoms with Gasteiger partial charge >= 0.3 is 0 Å². The van der Waals surface area contributed by atoms with Crippen molar-refractivity contribution in [1.82, 2.24) is 9.97 Å². The zero-order valence-corrected chi connectivity index (χ0v) is 15.5. The molecule has 0 aliphatic carbocycles. The number of aromatic nitrogens is 2. The Labute approximate surface area is 158 Å². The second kappa shape index (κ2) is 8.01. The zero-order chi connectivity index (χ0) is 18.5. The fourth-order valence-electron chi connectivity index (χ4n) is 2.28. The van der Waals surface area contributed by atoms with Crippen molar-refractivity contribution in [2.45, 2.75) is 6.54 Å². The monoisotopic (exact) mass is 417 g/mol. The zero-order valence-electron chi connectivity index (χ0n) is 14.0. The summed E-state index contributed by atoms with van der Waals surface area (Å²) in [6, 6.07) is 12.3. The van der Waals surface area contributed by atoms with E-state index in [2.05, 4.69) is 36.5 Å². The van der Waals surface area contributed by atoms with Crippen molar-refractivity contribution in [1.29, 1.82) is 0 Å².